The van der Waals surface area contributed by atoms with Crippen LogP contribution in [0.5, 0.6) is 0 Å². The van der Waals surface area contributed by atoms with Crippen LogP contribution in [0, 0.1) is 6.92 Å². The molecule has 1 spiro atoms. The second kappa shape index (κ2) is 7.69. The number of carbonyl (C=O) groups is 1. The number of benzene rings is 2. The standard InChI is InChI=1S/C24H29N3O3/c1-18-8-10-20(11-9-18)26-13-12-25(16-19(26)2)17-27-22-7-4-3-6-21(22)24(23(27)28)29-14-5-15-30-24/h3-4,6-11,19H,5,12-17H2,1-2H3/t19-/m1/s1. The Morgan fingerprint density at radius 1 is 1.03 bits per heavy atom. The molecule has 0 aliphatic carbocycles. The van der Waals surface area contributed by atoms with Crippen LogP contribution < -0.4 is 9.80 Å². The number of aryl methyl sites for hydroxylation is 1. The van der Waals surface area contributed by atoms with Gasteiger partial charge in [0.2, 0.25) is 0 Å². The van der Waals surface area contributed by atoms with Crippen LogP contribution in [0.15, 0.2) is 48.5 Å². The zero-order valence-electron chi connectivity index (χ0n) is 17.7. The molecule has 3 heterocycles. The van der Waals surface area contributed by atoms with Crippen LogP contribution in [-0.2, 0) is 20.1 Å². The number of piperazine rings is 1. The maximum Gasteiger partial charge on any atom is 0.293 e. The molecule has 3 aliphatic rings. The average Bonchev–Trinajstić information content (AvgIpc) is 2.98. The van der Waals surface area contributed by atoms with Crippen LogP contribution in [0.3, 0.4) is 0 Å². The summed E-state index contributed by atoms with van der Waals surface area (Å²) in [6.07, 6.45) is 0.815. The monoisotopic (exact) mass is 407 g/mol. The van der Waals surface area contributed by atoms with E-state index >= 15 is 0 Å². The van der Waals surface area contributed by atoms with Gasteiger partial charge in [-0.1, -0.05) is 35.9 Å². The van der Waals surface area contributed by atoms with Crippen molar-refractivity contribution in [2.75, 3.05) is 49.3 Å². The predicted octanol–water partition coefficient (Wildman–Crippen LogP) is 3.10. The fourth-order valence-electron chi connectivity index (χ4n) is 4.82. The molecule has 0 saturated carbocycles. The van der Waals surface area contributed by atoms with Crippen LogP contribution >= 0.6 is 0 Å². The molecule has 6 nitrogen and oxygen atoms in total. The largest absolute Gasteiger partial charge is 0.366 e. The van der Waals surface area contributed by atoms with Crippen molar-refractivity contribution < 1.29 is 14.3 Å². The molecule has 2 saturated heterocycles. The quantitative estimate of drug-likeness (QED) is 0.782. The lowest BCUT2D eigenvalue weighted by molar-refractivity contribution is -0.256. The molecule has 2 aromatic rings. The van der Waals surface area contributed by atoms with Gasteiger partial charge in [-0.15, -0.1) is 0 Å². The van der Waals surface area contributed by atoms with Crippen molar-refractivity contribution in [1.82, 2.24) is 4.90 Å². The molecule has 0 bridgehead atoms. The number of fused-ring (bicyclic) bond motifs is 2. The highest BCUT2D eigenvalue weighted by Crippen LogP contribution is 2.45. The first kappa shape index (κ1) is 19.5. The number of para-hydroxylation sites is 1. The first-order chi connectivity index (χ1) is 14.6. The van der Waals surface area contributed by atoms with Gasteiger partial charge in [-0.05, 0) is 38.5 Å². The van der Waals surface area contributed by atoms with E-state index in [9.17, 15) is 4.79 Å². The summed E-state index contributed by atoms with van der Waals surface area (Å²) in [5, 5.41) is 0. The number of amides is 1. The van der Waals surface area contributed by atoms with E-state index < -0.39 is 5.79 Å². The lowest BCUT2D eigenvalue weighted by Gasteiger charge is -2.42. The lowest BCUT2D eigenvalue weighted by Crippen LogP contribution is -2.56. The summed E-state index contributed by atoms with van der Waals surface area (Å²) in [7, 11) is 0. The van der Waals surface area contributed by atoms with Crippen molar-refractivity contribution in [3.8, 4) is 0 Å². The lowest BCUT2D eigenvalue weighted by atomic mass is 10.1. The SMILES string of the molecule is Cc1ccc(N2CCN(CN3C(=O)C4(OCCCO4)c4ccccc43)C[C@H]2C)cc1. The van der Waals surface area contributed by atoms with E-state index in [1.165, 1.54) is 11.3 Å². The minimum Gasteiger partial charge on any atom is -0.366 e. The Morgan fingerprint density at radius 3 is 2.50 bits per heavy atom. The first-order valence-electron chi connectivity index (χ1n) is 10.8. The van der Waals surface area contributed by atoms with Crippen LogP contribution in [0.2, 0.25) is 0 Å². The van der Waals surface area contributed by atoms with Gasteiger partial charge in [0.1, 0.15) is 0 Å². The first-order valence-corrected chi connectivity index (χ1v) is 10.8. The van der Waals surface area contributed by atoms with Gasteiger partial charge in [0.05, 0.1) is 25.6 Å². The van der Waals surface area contributed by atoms with Gasteiger partial charge in [0.25, 0.3) is 11.7 Å². The molecule has 6 heteroatoms. The van der Waals surface area contributed by atoms with Gasteiger partial charge in [0.15, 0.2) is 0 Å². The number of rotatable bonds is 3. The number of carbonyl (C=O) groups excluding carboxylic acids is 1. The number of ether oxygens (including phenoxy) is 2. The van der Waals surface area contributed by atoms with E-state index in [1.807, 2.05) is 29.2 Å². The Balaban J connectivity index is 1.33. The van der Waals surface area contributed by atoms with E-state index in [1.54, 1.807) is 0 Å². The minimum atomic E-state index is -1.26. The number of nitrogens with zero attached hydrogens (tertiary/aromatic N) is 3. The van der Waals surface area contributed by atoms with Gasteiger partial charge in [0, 0.05) is 36.9 Å². The van der Waals surface area contributed by atoms with Crippen LogP contribution in [0.25, 0.3) is 0 Å². The van der Waals surface area contributed by atoms with E-state index in [-0.39, 0.29) is 5.91 Å². The van der Waals surface area contributed by atoms with Gasteiger partial charge >= 0.3 is 0 Å². The maximum atomic E-state index is 13.5. The van der Waals surface area contributed by atoms with Gasteiger partial charge in [-0.25, -0.2) is 0 Å². The summed E-state index contributed by atoms with van der Waals surface area (Å²) in [6, 6.07) is 17.0. The number of anilines is 2. The van der Waals surface area contributed by atoms with E-state index in [0.29, 0.717) is 25.9 Å². The summed E-state index contributed by atoms with van der Waals surface area (Å²) in [5.41, 5.74) is 4.27. The zero-order valence-corrected chi connectivity index (χ0v) is 17.7. The van der Waals surface area contributed by atoms with Crippen LogP contribution in [0.1, 0.15) is 24.5 Å². The average molecular weight is 408 g/mol. The van der Waals surface area contributed by atoms with E-state index in [4.69, 9.17) is 9.47 Å². The third-order valence-corrected chi connectivity index (χ3v) is 6.39. The Hall–Kier alpha value is -2.41. The summed E-state index contributed by atoms with van der Waals surface area (Å²) < 4.78 is 11.9. The fourth-order valence-corrected chi connectivity index (χ4v) is 4.82. The van der Waals surface area contributed by atoms with Gasteiger partial charge in [-0.2, -0.15) is 0 Å². The van der Waals surface area contributed by atoms with Crippen molar-refractivity contribution in [2.45, 2.75) is 32.1 Å². The topological polar surface area (TPSA) is 45.2 Å². The molecule has 2 aromatic carbocycles. The van der Waals surface area contributed by atoms with E-state index in [0.717, 1.165) is 37.3 Å². The molecule has 5 rings (SSSR count). The molecule has 1 atom stereocenters. The Bertz CT molecular complexity index is 924. The molecule has 158 valence electrons. The van der Waals surface area contributed by atoms with Crippen molar-refractivity contribution in [3.63, 3.8) is 0 Å². The summed E-state index contributed by atoms with van der Waals surface area (Å²) in [5.74, 6) is -1.36. The van der Waals surface area contributed by atoms with Crippen molar-refractivity contribution in [3.05, 3.63) is 59.7 Å². The van der Waals surface area contributed by atoms with Crippen LogP contribution in [0.4, 0.5) is 11.4 Å². The molecule has 30 heavy (non-hydrogen) atoms. The second-order valence-electron chi connectivity index (χ2n) is 8.51. The van der Waals surface area contributed by atoms with Crippen molar-refractivity contribution in [1.29, 1.82) is 0 Å². The van der Waals surface area contributed by atoms with Gasteiger partial charge in [-0.3, -0.25) is 14.6 Å². The summed E-state index contributed by atoms with van der Waals surface area (Å²) in [4.78, 5) is 20.1. The highest BCUT2D eigenvalue weighted by atomic mass is 16.7. The normalized spacial score (nSPS) is 23.8. The molecule has 2 fully saturated rings. The highest BCUT2D eigenvalue weighted by Gasteiger charge is 2.55. The molecular weight excluding hydrogens is 378 g/mol. The Morgan fingerprint density at radius 2 is 1.77 bits per heavy atom. The van der Waals surface area contributed by atoms with Gasteiger partial charge < -0.3 is 14.4 Å². The summed E-state index contributed by atoms with van der Waals surface area (Å²) in [6.45, 7) is 8.74. The third-order valence-electron chi connectivity index (χ3n) is 6.39. The number of hydrogen-bond acceptors (Lipinski definition) is 5. The molecule has 0 radical (unpaired) electrons. The fraction of sp³-hybridized carbons (Fsp3) is 0.458. The predicted molar refractivity (Wildman–Crippen MR) is 117 cm³/mol. The smallest absolute Gasteiger partial charge is 0.293 e. The molecule has 0 aromatic heterocycles. The third kappa shape index (κ3) is 3.20. The minimum absolute atomic E-state index is 0.1000. The molecular formula is C24H29N3O3. The molecule has 1 amide bonds. The molecule has 0 N–H and O–H groups in total. The molecule has 3 aliphatic heterocycles. The second-order valence-corrected chi connectivity index (χ2v) is 8.51. The maximum absolute atomic E-state index is 13.5. The Kier molecular flexibility index (Phi) is 5.01. The number of hydrogen-bond donors (Lipinski definition) is 0. The molecule has 0 unspecified atom stereocenters. The Labute approximate surface area is 178 Å². The summed E-state index contributed by atoms with van der Waals surface area (Å²) >= 11 is 0. The highest BCUT2D eigenvalue weighted by molar-refractivity contribution is 6.06. The zero-order chi connectivity index (χ0) is 20.7. The van der Waals surface area contributed by atoms with E-state index in [2.05, 4.69) is 47.9 Å². The van der Waals surface area contributed by atoms with Crippen molar-refractivity contribution in [2.24, 2.45) is 0 Å². The van der Waals surface area contributed by atoms with Crippen molar-refractivity contribution >= 4 is 17.3 Å². The van der Waals surface area contributed by atoms with Crippen LogP contribution in [-0.4, -0.2) is 56.4 Å².